The fourth-order valence-corrected chi connectivity index (χ4v) is 2.14. The first-order chi connectivity index (χ1) is 8.41. The number of hydrogen-bond donors (Lipinski definition) is 1. The monoisotopic (exact) mass is 270 g/mol. The average molecular weight is 270 g/mol. The maximum absolute atomic E-state index is 11.7. The number of hydrogen-bond acceptors (Lipinski definition) is 4. The third-order valence-electron chi connectivity index (χ3n) is 2.82. The lowest BCUT2D eigenvalue weighted by molar-refractivity contribution is -0.119. The Morgan fingerprint density at radius 2 is 2.06 bits per heavy atom. The van der Waals surface area contributed by atoms with E-state index in [9.17, 15) is 4.79 Å². The summed E-state index contributed by atoms with van der Waals surface area (Å²) in [6.45, 7) is 10.3. The molecule has 1 rings (SSSR count). The molecule has 0 saturated heterocycles. The molecule has 0 radical (unpaired) electrons. The van der Waals surface area contributed by atoms with Crippen molar-refractivity contribution in [3.63, 3.8) is 0 Å². The molecular formula is C12H22N4OS. The van der Waals surface area contributed by atoms with Gasteiger partial charge >= 0.3 is 0 Å². The number of nitrogens with one attached hydrogen (secondary N) is 1. The lowest BCUT2D eigenvalue weighted by atomic mass is 10.1. The highest BCUT2D eigenvalue weighted by atomic mass is 32.2. The van der Waals surface area contributed by atoms with Crippen LogP contribution in [0.5, 0.6) is 0 Å². The van der Waals surface area contributed by atoms with Gasteiger partial charge in [-0.3, -0.25) is 4.79 Å². The second-order valence-corrected chi connectivity index (χ2v) is 5.95. The summed E-state index contributed by atoms with van der Waals surface area (Å²) in [5, 5.41) is 11.7. The first-order valence-corrected chi connectivity index (χ1v) is 7.22. The van der Waals surface area contributed by atoms with Gasteiger partial charge in [0.05, 0.1) is 5.75 Å². The van der Waals surface area contributed by atoms with Gasteiger partial charge in [-0.1, -0.05) is 25.6 Å². The molecule has 1 N–H and O–H groups in total. The number of nitrogens with zero attached hydrogens (tertiary/aromatic N) is 3. The molecule has 0 aliphatic rings. The second-order valence-electron chi connectivity index (χ2n) is 5.00. The normalized spacial score (nSPS) is 13.1. The Morgan fingerprint density at radius 1 is 1.39 bits per heavy atom. The van der Waals surface area contributed by atoms with Gasteiger partial charge in [0, 0.05) is 12.1 Å². The summed E-state index contributed by atoms with van der Waals surface area (Å²) in [6.07, 6.45) is 1.70. The average Bonchev–Trinajstić information content (AvgIpc) is 2.74. The van der Waals surface area contributed by atoms with Gasteiger partial charge in [0.1, 0.15) is 6.33 Å². The molecule has 18 heavy (non-hydrogen) atoms. The van der Waals surface area contributed by atoms with E-state index in [2.05, 4.69) is 43.2 Å². The topological polar surface area (TPSA) is 59.8 Å². The van der Waals surface area contributed by atoms with Crippen LogP contribution in [-0.2, 0) is 4.79 Å². The molecule has 0 aliphatic carbocycles. The number of aromatic nitrogens is 3. The van der Waals surface area contributed by atoms with Crippen LogP contribution in [0.4, 0.5) is 0 Å². The molecule has 1 aromatic rings. The standard InChI is InChI=1S/C12H22N4OS/c1-8(2)10(5)14-11(17)6-18-12-15-13-7-16(12)9(3)4/h7-10H,6H2,1-5H3,(H,14,17). The number of carbonyl (C=O) groups is 1. The highest BCUT2D eigenvalue weighted by molar-refractivity contribution is 7.99. The van der Waals surface area contributed by atoms with Crippen molar-refractivity contribution in [3.05, 3.63) is 6.33 Å². The molecule has 0 saturated carbocycles. The van der Waals surface area contributed by atoms with Gasteiger partial charge < -0.3 is 9.88 Å². The van der Waals surface area contributed by atoms with E-state index in [4.69, 9.17) is 0 Å². The largest absolute Gasteiger partial charge is 0.353 e. The van der Waals surface area contributed by atoms with Crippen molar-refractivity contribution in [3.8, 4) is 0 Å². The van der Waals surface area contributed by atoms with Gasteiger partial charge in [-0.2, -0.15) is 0 Å². The van der Waals surface area contributed by atoms with Crippen LogP contribution in [0.1, 0.15) is 40.7 Å². The molecule has 1 heterocycles. The first kappa shape index (κ1) is 15.0. The maximum Gasteiger partial charge on any atom is 0.230 e. The van der Waals surface area contributed by atoms with E-state index in [0.29, 0.717) is 17.7 Å². The Bertz CT molecular complexity index is 389. The molecule has 0 aliphatic heterocycles. The Hall–Kier alpha value is -1.04. The smallest absolute Gasteiger partial charge is 0.230 e. The van der Waals surface area contributed by atoms with Gasteiger partial charge in [0.25, 0.3) is 0 Å². The Balaban J connectivity index is 2.45. The molecule has 0 fully saturated rings. The zero-order valence-electron chi connectivity index (χ0n) is 11.7. The highest BCUT2D eigenvalue weighted by Gasteiger charge is 2.13. The quantitative estimate of drug-likeness (QED) is 0.804. The molecule has 6 heteroatoms. The molecule has 0 bridgehead atoms. The van der Waals surface area contributed by atoms with E-state index in [1.165, 1.54) is 11.8 Å². The molecule has 1 amide bonds. The predicted molar refractivity (Wildman–Crippen MR) is 73.6 cm³/mol. The molecule has 0 aromatic carbocycles. The second kappa shape index (κ2) is 6.78. The highest BCUT2D eigenvalue weighted by Crippen LogP contribution is 2.18. The first-order valence-electron chi connectivity index (χ1n) is 6.23. The van der Waals surface area contributed by atoms with E-state index in [1.807, 2.05) is 11.5 Å². The van der Waals surface area contributed by atoms with Crippen LogP contribution < -0.4 is 5.32 Å². The van der Waals surface area contributed by atoms with Gasteiger partial charge in [-0.05, 0) is 26.7 Å². The van der Waals surface area contributed by atoms with Crippen LogP contribution in [0, 0.1) is 5.92 Å². The number of carbonyl (C=O) groups excluding carboxylic acids is 1. The van der Waals surface area contributed by atoms with Crippen LogP contribution in [0.15, 0.2) is 11.5 Å². The van der Waals surface area contributed by atoms with Crippen molar-refractivity contribution in [2.45, 2.75) is 51.9 Å². The van der Waals surface area contributed by atoms with Crippen LogP contribution in [0.2, 0.25) is 0 Å². The van der Waals surface area contributed by atoms with Crippen molar-refractivity contribution >= 4 is 17.7 Å². The summed E-state index contributed by atoms with van der Waals surface area (Å²) in [7, 11) is 0. The molecule has 0 spiro atoms. The lowest BCUT2D eigenvalue weighted by Crippen LogP contribution is -2.37. The van der Waals surface area contributed by atoms with Crippen molar-refractivity contribution in [1.82, 2.24) is 20.1 Å². The Morgan fingerprint density at radius 3 is 2.61 bits per heavy atom. The number of amides is 1. The van der Waals surface area contributed by atoms with E-state index in [1.54, 1.807) is 6.33 Å². The minimum absolute atomic E-state index is 0.0412. The van der Waals surface area contributed by atoms with E-state index >= 15 is 0 Å². The van der Waals surface area contributed by atoms with Gasteiger partial charge in [0.15, 0.2) is 5.16 Å². The van der Waals surface area contributed by atoms with Crippen molar-refractivity contribution in [1.29, 1.82) is 0 Å². The fraction of sp³-hybridized carbons (Fsp3) is 0.750. The van der Waals surface area contributed by atoms with Crippen LogP contribution in [-0.4, -0.2) is 32.5 Å². The summed E-state index contributed by atoms with van der Waals surface area (Å²) >= 11 is 1.42. The van der Waals surface area contributed by atoms with Gasteiger partial charge in [0.2, 0.25) is 5.91 Å². The summed E-state index contributed by atoms with van der Waals surface area (Å²) in [6, 6.07) is 0.501. The van der Waals surface area contributed by atoms with Crippen LogP contribution in [0.3, 0.4) is 0 Å². The maximum atomic E-state index is 11.7. The molecule has 5 nitrogen and oxygen atoms in total. The van der Waals surface area contributed by atoms with Crippen molar-refractivity contribution in [2.24, 2.45) is 5.92 Å². The third-order valence-corrected chi connectivity index (χ3v) is 3.77. The summed E-state index contributed by atoms with van der Waals surface area (Å²) in [5.74, 6) is 0.862. The number of rotatable bonds is 6. The van der Waals surface area contributed by atoms with Crippen molar-refractivity contribution < 1.29 is 4.79 Å². The van der Waals surface area contributed by atoms with E-state index in [0.717, 1.165) is 5.16 Å². The zero-order chi connectivity index (χ0) is 13.7. The summed E-state index contributed by atoms with van der Waals surface area (Å²) in [4.78, 5) is 11.7. The van der Waals surface area contributed by atoms with E-state index < -0.39 is 0 Å². The third kappa shape index (κ3) is 4.33. The van der Waals surface area contributed by atoms with Crippen molar-refractivity contribution in [2.75, 3.05) is 5.75 Å². The SMILES string of the molecule is CC(C)C(C)NC(=O)CSc1nncn1C(C)C. The lowest BCUT2D eigenvalue weighted by Gasteiger charge is -2.17. The molecule has 1 atom stereocenters. The van der Waals surface area contributed by atoms with Crippen LogP contribution in [0.25, 0.3) is 0 Å². The summed E-state index contributed by atoms with van der Waals surface area (Å²) in [5.41, 5.74) is 0. The zero-order valence-corrected chi connectivity index (χ0v) is 12.5. The van der Waals surface area contributed by atoms with Gasteiger partial charge in [-0.15, -0.1) is 10.2 Å². The summed E-state index contributed by atoms with van der Waals surface area (Å²) < 4.78 is 1.96. The minimum atomic E-state index is 0.0412. The van der Waals surface area contributed by atoms with Crippen LogP contribution >= 0.6 is 11.8 Å². The Labute approximate surface area is 113 Å². The predicted octanol–water partition coefficient (Wildman–Crippen LogP) is 2.11. The van der Waals surface area contributed by atoms with Gasteiger partial charge in [-0.25, -0.2) is 0 Å². The molecule has 1 unspecified atom stereocenters. The molecule has 102 valence electrons. The number of thioether (sulfide) groups is 1. The molecule has 1 aromatic heterocycles. The Kier molecular flexibility index (Phi) is 5.65. The molecular weight excluding hydrogens is 248 g/mol. The fourth-order valence-electron chi connectivity index (χ4n) is 1.28. The van der Waals surface area contributed by atoms with E-state index in [-0.39, 0.29) is 11.9 Å². The minimum Gasteiger partial charge on any atom is -0.353 e.